The number of hydrogen-bond donors (Lipinski definition) is 0. The summed E-state index contributed by atoms with van der Waals surface area (Å²) in [7, 11) is 0. The lowest BCUT2D eigenvalue weighted by Crippen LogP contribution is -2.42. The number of thioether (sulfide) groups is 1. The fourth-order valence-corrected chi connectivity index (χ4v) is 4.21. The zero-order chi connectivity index (χ0) is 15.0. The van der Waals surface area contributed by atoms with Crippen molar-refractivity contribution in [3.63, 3.8) is 0 Å². The fourth-order valence-electron chi connectivity index (χ4n) is 3.11. The van der Waals surface area contributed by atoms with Crippen LogP contribution >= 0.6 is 11.8 Å². The molecule has 3 heteroatoms. The maximum Gasteiger partial charge on any atom is 0.252 e. The van der Waals surface area contributed by atoms with Crippen LogP contribution in [0.4, 0.5) is 0 Å². The molecule has 2 aliphatic heterocycles. The SMILES string of the molecule is C/C=C\C1=C(C)Oc2cccc3c2B1C(/C=C\C)=C(C)S3. The van der Waals surface area contributed by atoms with Gasteiger partial charge in [0.1, 0.15) is 5.75 Å². The van der Waals surface area contributed by atoms with E-state index in [2.05, 4.69) is 70.2 Å². The van der Waals surface area contributed by atoms with Crippen molar-refractivity contribution >= 4 is 23.9 Å². The van der Waals surface area contributed by atoms with Crippen LogP contribution in [0.2, 0.25) is 0 Å². The van der Waals surface area contributed by atoms with E-state index in [1.807, 2.05) is 11.8 Å². The average molecular weight is 294 g/mol. The Morgan fingerprint density at radius 1 is 1.05 bits per heavy atom. The van der Waals surface area contributed by atoms with E-state index in [0.29, 0.717) is 6.71 Å². The predicted octanol–water partition coefficient (Wildman–Crippen LogP) is 4.67. The summed E-state index contributed by atoms with van der Waals surface area (Å²) in [4.78, 5) is 2.69. The maximum atomic E-state index is 6.07. The molecule has 2 heterocycles. The number of allylic oxidation sites excluding steroid dienone is 8. The highest BCUT2D eigenvalue weighted by molar-refractivity contribution is 8.03. The minimum absolute atomic E-state index is 0.290. The molecular formula is C18H19BOS. The Morgan fingerprint density at radius 3 is 2.48 bits per heavy atom. The number of benzene rings is 1. The van der Waals surface area contributed by atoms with Gasteiger partial charge < -0.3 is 4.74 Å². The molecule has 0 spiro atoms. The van der Waals surface area contributed by atoms with Gasteiger partial charge in [0.2, 0.25) is 0 Å². The van der Waals surface area contributed by atoms with Crippen molar-refractivity contribution in [3.05, 3.63) is 64.1 Å². The largest absolute Gasteiger partial charge is 0.463 e. The molecule has 1 aromatic rings. The van der Waals surface area contributed by atoms with E-state index in [9.17, 15) is 0 Å². The van der Waals surface area contributed by atoms with Crippen molar-refractivity contribution in [2.75, 3.05) is 0 Å². The molecule has 0 amide bonds. The highest BCUT2D eigenvalue weighted by Gasteiger charge is 2.38. The van der Waals surface area contributed by atoms with Crippen LogP contribution in [0.1, 0.15) is 27.7 Å². The van der Waals surface area contributed by atoms with Crippen LogP contribution in [0.5, 0.6) is 5.75 Å². The number of hydrogen-bond acceptors (Lipinski definition) is 2. The van der Waals surface area contributed by atoms with E-state index >= 15 is 0 Å². The summed E-state index contributed by atoms with van der Waals surface area (Å²) >= 11 is 1.85. The molecule has 0 unspecified atom stereocenters. The third kappa shape index (κ3) is 2.30. The average Bonchev–Trinajstić information content (AvgIpc) is 2.46. The Labute approximate surface area is 131 Å². The molecule has 0 aromatic heterocycles. The van der Waals surface area contributed by atoms with Crippen LogP contribution in [-0.2, 0) is 0 Å². The van der Waals surface area contributed by atoms with Crippen LogP contribution in [0.3, 0.4) is 0 Å². The van der Waals surface area contributed by atoms with Crippen molar-refractivity contribution in [1.82, 2.24) is 0 Å². The lowest BCUT2D eigenvalue weighted by molar-refractivity contribution is 0.425. The predicted molar refractivity (Wildman–Crippen MR) is 93.3 cm³/mol. The van der Waals surface area contributed by atoms with E-state index in [4.69, 9.17) is 4.74 Å². The van der Waals surface area contributed by atoms with Crippen LogP contribution in [0, 0.1) is 0 Å². The van der Waals surface area contributed by atoms with Gasteiger partial charge in [0.05, 0.1) is 5.76 Å². The third-order valence-electron chi connectivity index (χ3n) is 3.97. The topological polar surface area (TPSA) is 9.23 Å². The Hall–Kier alpha value is -1.61. The van der Waals surface area contributed by atoms with Crippen molar-refractivity contribution in [2.45, 2.75) is 32.6 Å². The summed E-state index contributed by atoms with van der Waals surface area (Å²) in [6.45, 7) is 8.71. The van der Waals surface area contributed by atoms with Crippen LogP contribution in [-0.4, -0.2) is 6.71 Å². The van der Waals surface area contributed by atoms with E-state index in [-0.39, 0.29) is 0 Å². The lowest BCUT2D eigenvalue weighted by atomic mass is 9.34. The first-order valence-corrected chi connectivity index (χ1v) is 8.14. The summed E-state index contributed by atoms with van der Waals surface area (Å²) in [6.07, 6.45) is 8.66. The Bertz CT molecular complexity index is 654. The summed E-state index contributed by atoms with van der Waals surface area (Å²) in [5.41, 5.74) is 3.98. The monoisotopic (exact) mass is 294 g/mol. The zero-order valence-corrected chi connectivity index (χ0v) is 13.8. The molecule has 21 heavy (non-hydrogen) atoms. The minimum atomic E-state index is 0.290. The molecule has 0 bridgehead atoms. The molecule has 0 radical (unpaired) electrons. The second kappa shape index (κ2) is 5.65. The molecule has 3 rings (SSSR count). The molecule has 0 N–H and O–H groups in total. The van der Waals surface area contributed by atoms with Gasteiger partial charge in [-0.3, -0.25) is 0 Å². The van der Waals surface area contributed by atoms with Gasteiger partial charge in [-0.2, -0.15) is 0 Å². The Balaban J connectivity index is 2.29. The van der Waals surface area contributed by atoms with Crippen LogP contribution in [0.15, 0.2) is 69.0 Å². The molecule has 1 nitrogen and oxygen atoms in total. The van der Waals surface area contributed by atoms with Crippen molar-refractivity contribution in [3.8, 4) is 5.75 Å². The van der Waals surface area contributed by atoms with Gasteiger partial charge in [0.15, 0.2) is 0 Å². The summed E-state index contributed by atoms with van der Waals surface area (Å²) in [5.74, 6) is 2.01. The molecular weight excluding hydrogens is 275 g/mol. The van der Waals surface area contributed by atoms with Crippen molar-refractivity contribution in [2.24, 2.45) is 0 Å². The van der Waals surface area contributed by atoms with Gasteiger partial charge in [-0.15, -0.1) is 0 Å². The first-order chi connectivity index (χ1) is 10.2. The van der Waals surface area contributed by atoms with Gasteiger partial charge in [-0.1, -0.05) is 47.6 Å². The van der Waals surface area contributed by atoms with Crippen molar-refractivity contribution in [1.29, 1.82) is 0 Å². The molecule has 106 valence electrons. The number of ether oxygens (including phenoxy) is 1. The van der Waals surface area contributed by atoms with Gasteiger partial charge >= 0.3 is 0 Å². The Kier molecular flexibility index (Phi) is 3.86. The van der Waals surface area contributed by atoms with Crippen LogP contribution < -0.4 is 10.2 Å². The molecule has 0 saturated heterocycles. The van der Waals surface area contributed by atoms with E-state index in [1.54, 1.807) is 0 Å². The van der Waals surface area contributed by atoms with Gasteiger partial charge in [0.25, 0.3) is 6.71 Å². The highest BCUT2D eigenvalue weighted by Crippen LogP contribution is 2.41. The second-order valence-electron chi connectivity index (χ2n) is 5.33. The fraction of sp³-hybridized carbons (Fsp3) is 0.222. The zero-order valence-electron chi connectivity index (χ0n) is 12.9. The van der Waals surface area contributed by atoms with Crippen LogP contribution in [0.25, 0.3) is 0 Å². The maximum absolute atomic E-state index is 6.07. The smallest absolute Gasteiger partial charge is 0.252 e. The molecule has 0 aliphatic carbocycles. The van der Waals surface area contributed by atoms with Gasteiger partial charge in [-0.05, 0) is 55.7 Å². The summed E-state index contributed by atoms with van der Waals surface area (Å²) in [5, 5.41) is 0. The molecule has 0 saturated carbocycles. The van der Waals surface area contributed by atoms with E-state index < -0.39 is 0 Å². The van der Waals surface area contributed by atoms with E-state index in [1.165, 1.54) is 26.2 Å². The summed E-state index contributed by atoms with van der Waals surface area (Å²) < 4.78 is 6.07. The Morgan fingerprint density at radius 2 is 1.76 bits per heavy atom. The third-order valence-corrected chi connectivity index (χ3v) is 5.09. The molecule has 1 aromatic carbocycles. The quantitative estimate of drug-likeness (QED) is 0.733. The first-order valence-electron chi connectivity index (χ1n) is 7.33. The normalized spacial score (nSPS) is 17.8. The second-order valence-corrected chi connectivity index (χ2v) is 6.58. The summed E-state index contributed by atoms with van der Waals surface area (Å²) in [6, 6.07) is 6.36. The molecule has 2 aliphatic rings. The lowest BCUT2D eigenvalue weighted by Gasteiger charge is -2.33. The highest BCUT2D eigenvalue weighted by atomic mass is 32.2. The van der Waals surface area contributed by atoms with Gasteiger partial charge in [-0.25, -0.2) is 0 Å². The standard InChI is InChI=1S/C18H19BOS/c1-5-8-14-12(3)20-16-10-7-11-17-18(16)19(14)15(9-6-2)13(4)21-17/h5-11H,1-4H3/b8-5-,9-6-. The first kappa shape index (κ1) is 14.3. The molecule has 0 atom stereocenters. The van der Waals surface area contributed by atoms with Gasteiger partial charge in [0, 0.05) is 4.90 Å². The molecule has 0 fully saturated rings. The van der Waals surface area contributed by atoms with Crippen molar-refractivity contribution < 1.29 is 4.74 Å². The van der Waals surface area contributed by atoms with E-state index in [0.717, 1.165) is 11.5 Å². The number of rotatable bonds is 2. The minimum Gasteiger partial charge on any atom is -0.463 e.